The Hall–Kier alpha value is -1.27. The zero-order valence-electron chi connectivity index (χ0n) is 12.7. The van der Waals surface area contributed by atoms with Crippen molar-refractivity contribution in [3.05, 3.63) is 35.5 Å². The molecule has 2 aromatic rings. The first-order valence-electron chi connectivity index (χ1n) is 6.79. The molecule has 1 amide bonds. The van der Waals surface area contributed by atoms with E-state index in [4.69, 9.17) is 16.3 Å². The molecule has 5 nitrogen and oxygen atoms in total. The van der Waals surface area contributed by atoms with Gasteiger partial charge in [-0.2, -0.15) is 0 Å². The fourth-order valence-electron chi connectivity index (χ4n) is 1.92. The van der Waals surface area contributed by atoms with Crippen LogP contribution < -0.4 is 15.4 Å². The summed E-state index contributed by atoms with van der Waals surface area (Å²) in [6.07, 6.45) is 2.55. The summed E-state index contributed by atoms with van der Waals surface area (Å²) in [4.78, 5) is 15.9. The van der Waals surface area contributed by atoms with Crippen LogP contribution in [-0.2, 0) is 4.79 Å². The molecule has 0 atom stereocenters. The Labute approximate surface area is 153 Å². The first-order chi connectivity index (χ1) is 10.2. The number of aromatic nitrogens is 1. The van der Waals surface area contributed by atoms with Crippen LogP contribution in [0.3, 0.4) is 0 Å². The molecule has 23 heavy (non-hydrogen) atoms. The fourth-order valence-corrected chi connectivity index (χ4v) is 2.13. The minimum absolute atomic E-state index is 0. The van der Waals surface area contributed by atoms with Gasteiger partial charge in [-0.1, -0.05) is 11.6 Å². The van der Waals surface area contributed by atoms with Crippen molar-refractivity contribution < 1.29 is 9.53 Å². The number of hydrogen-bond donors (Lipinski definition) is 2. The van der Waals surface area contributed by atoms with Gasteiger partial charge in [0.15, 0.2) is 6.61 Å². The summed E-state index contributed by atoms with van der Waals surface area (Å²) in [6.45, 7) is 1.46. The van der Waals surface area contributed by atoms with Gasteiger partial charge in [-0.15, -0.1) is 24.8 Å². The monoisotopic (exact) mass is 379 g/mol. The number of ether oxygens (including phenoxy) is 1. The molecule has 0 fully saturated rings. The van der Waals surface area contributed by atoms with Crippen LogP contribution in [0.5, 0.6) is 5.75 Å². The molecule has 0 bridgehead atoms. The van der Waals surface area contributed by atoms with E-state index in [-0.39, 0.29) is 37.3 Å². The zero-order valence-corrected chi connectivity index (χ0v) is 15.1. The Morgan fingerprint density at radius 2 is 2.04 bits per heavy atom. The Bertz CT molecular complexity index is 626. The van der Waals surface area contributed by atoms with Crippen molar-refractivity contribution in [2.45, 2.75) is 6.42 Å². The van der Waals surface area contributed by atoms with Gasteiger partial charge in [0.1, 0.15) is 11.3 Å². The third kappa shape index (κ3) is 6.39. The van der Waals surface area contributed by atoms with E-state index in [1.807, 2.05) is 19.2 Å². The van der Waals surface area contributed by atoms with Gasteiger partial charge in [0.2, 0.25) is 0 Å². The highest BCUT2D eigenvalue weighted by atomic mass is 35.5. The van der Waals surface area contributed by atoms with Crippen LogP contribution in [0.2, 0.25) is 5.02 Å². The molecule has 0 unspecified atom stereocenters. The smallest absolute Gasteiger partial charge is 0.257 e. The maximum absolute atomic E-state index is 11.7. The summed E-state index contributed by atoms with van der Waals surface area (Å²) in [5, 5.41) is 7.24. The lowest BCUT2D eigenvalue weighted by Crippen LogP contribution is -2.31. The van der Waals surface area contributed by atoms with Crippen LogP contribution in [0.25, 0.3) is 10.9 Å². The average Bonchev–Trinajstić information content (AvgIpc) is 2.51. The Morgan fingerprint density at radius 1 is 1.26 bits per heavy atom. The number of carbonyl (C=O) groups is 1. The number of pyridine rings is 1. The summed E-state index contributed by atoms with van der Waals surface area (Å²) in [6, 6.07) is 7.15. The minimum Gasteiger partial charge on any atom is -0.481 e. The predicted octanol–water partition coefficient (Wildman–Crippen LogP) is 2.84. The molecule has 0 radical (unpaired) electrons. The highest BCUT2D eigenvalue weighted by Crippen LogP contribution is 2.29. The molecule has 128 valence electrons. The molecule has 0 aliphatic heterocycles. The Balaban J connectivity index is 0.00000242. The molecule has 1 aromatic carbocycles. The topological polar surface area (TPSA) is 63.2 Å². The van der Waals surface area contributed by atoms with Crippen molar-refractivity contribution in [2.24, 2.45) is 0 Å². The van der Waals surface area contributed by atoms with Crippen molar-refractivity contribution >= 4 is 53.2 Å². The van der Waals surface area contributed by atoms with E-state index in [0.29, 0.717) is 22.8 Å². The molecule has 1 aromatic heterocycles. The van der Waals surface area contributed by atoms with Gasteiger partial charge in [-0.3, -0.25) is 9.78 Å². The van der Waals surface area contributed by atoms with Crippen molar-refractivity contribution in [3.8, 4) is 5.75 Å². The molecule has 8 heteroatoms. The molecule has 2 rings (SSSR count). The van der Waals surface area contributed by atoms with Crippen molar-refractivity contribution in [1.29, 1.82) is 0 Å². The van der Waals surface area contributed by atoms with Gasteiger partial charge in [0.05, 0.1) is 5.02 Å². The average molecular weight is 381 g/mol. The summed E-state index contributed by atoms with van der Waals surface area (Å²) < 4.78 is 5.54. The summed E-state index contributed by atoms with van der Waals surface area (Å²) in [5.41, 5.74) is 0.660. The number of nitrogens with zero attached hydrogens (tertiary/aromatic N) is 1. The van der Waals surface area contributed by atoms with E-state index < -0.39 is 0 Å². The number of benzene rings is 1. The lowest BCUT2D eigenvalue weighted by molar-refractivity contribution is -0.123. The number of hydrogen-bond acceptors (Lipinski definition) is 4. The van der Waals surface area contributed by atoms with Gasteiger partial charge in [-0.05, 0) is 44.3 Å². The lowest BCUT2D eigenvalue weighted by Gasteiger charge is -2.10. The van der Waals surface area contributed by atoms with Crippen LogP contribution in [0.4, 0.5) is 0 Å². The third-order valence-corrected chi connectivity index (χ3v) is 3.29. The second-order valence-electron chi connectivity index (χ2n) is 4.54. The molecule has 1 heterocycles. The molecule has 0 spiro atoms. The van der Waals surface area contributed by atoms with E-state index in [2.05, 4.69) is 15.6 Å². The summed E-state index contributed by atoms with van der Waals surface area (Å²) >= 11 is 6.11. The van der Waals surface area contributed by atoms with Crippen LogP contribution in [0.15, 0.2) is 30.5 Å². The predicted molar refractivity (Wildman–Crippen MR) is 98.3 cm³/mol. The van der Waals surface area contributed by atoms with E-state index >= 15 is 0 Å². The van der Waals surface area contributed by atoms with Crippen LogP contribution in [0, 0.1) is 0 Å². The number of carbonyl (C=O) groups excluding carboxylic acids is 1. The first kappa shape index (κ1) is 21.7. The van der Waals surface area contributed by atoms with Crippen molar-refractivity contribution in [2.75, 3.05) is 26.7 Å². The molecule has 0 aliphatic carbocycles. The Kier molecular flexibility index (Phi) is 10.7. The van der Waals surface area contributed by atoms with Crippen molar-refractivity contribution in [1.82, 2.24) is 15.6 Å². The normalized spacial score (nSPS) is 9.65. The van der Waals surface area contributed by atoms with Gasteiger partial charge in [-0.25, -0.2) is 0 Å². The third-order valence-electron chi connectivity index (χ3n) is 2.96. The number of halogens is 3. The van der Waals surface area contributed by atoms with E-state index in [9.17, 15) is 4.79 Å². The van der Waals surface area contributed by atoms with E-state index in [0.717, 1.165) is 18.4 Å². The molecular weight excluding hydrogens is 361 g/mol. The molecule has 0 saturated carbocycles. The maximum atomic E-state index is 11.7. The van der Waals surface area contributed by atoms with Gasteiger partial charge < -0.3 is 15.4 Å². The van der Waals surface area contributed by atoms with Gasteiger partial charge in [0, 0.05) is 18.1 Å². The maximum Gasteiger partial charge on any atom is 0.257 e. The molecular formula is C15H20Cl3N3O2. The number of rotatable bonds is 7. The van der Waals surface area contributed by atoms with Crippen LogP contribution >= 0.6 is 36.4 Å². The number of nitrogens with one attached hydrogen (secondary N) is 2. The minimum atomic E-state index is -0.148. The lowest BCUT2D eigenvalue weighted by atomic mass is 10.2. The summed E-state index contributed by atoms with van der Waals surface area (Å²) in [5.74, 6) is 0.408. The SMILES string of the molecule is CNCCCNC(=O)COc1ccc(Cl)c2cccnc12.Cl.Cl. The quantitative estimate of drug-likeness (QED) is 0.725. The fraction of sp³-hybridized carbons (Fsp3) is 0.333. The second-order valence-corrected chi connectivity index (χ2v) is 4.95. The highest BCUT2D eigenvalue weighted by Gasteiger charge is 2.08. The Morgan fingerprint density at radius 3 is 2.78 bits per heavy atom. The first-order valence-corrected chi connectivity index (χ1v) is 7.17. The molecule has 0 saturated heterocycles. The van der Waals surface area contributed by atoms with E-state index in [1.165, 1.54) is 0 Å². The zero-order chi connectivity index (χ0) is 15.1. The van der Waals surface area contributed by atoms with Gasteiger partial charge >= 0.3 is 0 Å². The number of fused-ring (bicyclic) bond motifs is 1. The number of amides is 1. The second kappa shape index (κ2) is 11.3. The molecule has 2 N–H and O–H groups in total. The van der Waals surface area contributed by atoms with Crippen molar-refractivity contribution in [3.63, 3.8) is 0 Å². The summed E-state index contributed by atoms with van der Waals surface area (Å²) in [7, 11) is 1.88. The van der Waals surface area contributed by atoms with Gasteiger partial charge in [0.25, 0.3) is 5.91 Å². The molecule has 0 aliphatic rings. The van der Waals surface area contributed by atoms with Crippen LogP contribution in [0.1, 0.15) is 6.42 Å². The largest absolute Gasteiger partial charge is 0.481 e. The van der Waals surface area contributed by atoms with Crippen LogP contribution in [-0.4, -0.2) is 37.6 Å². The highest BCUT2D eigenvalue weighted by molar-refractivity contribution is 6.35. The standard InChI is InChI=1S/C15H18ClN3O2.2ClH/c1-17-7-3-9-18-14(20)10-21-13-6-5-12(16)11-4-2-8-19-15(11)13;;/h2,4-6,8,17H,3,7,9-10H2,1H3,(H,18,20);2*1H. The van der Waals surface area contributed by atoms with E-state index in [1.54, 1.807) is 18.3 Å².